The molecule has 0 radical (unpaired) electrons. The van der Waals surface area contributed by atoms with E-state index in [0.717, 1.165) is 31.8 Å². The van der Waals surface area contributed by atoms with Crippen LogP contribution in [0.2, 0.25) is 0 Å². The number of amides is 1. The first-order chi connectivity index (χ1) is 10.6. The van der Waals surface area contributed by atoms with Crippen molar-refractivity contribution >= 4 is 5.91 Å². The van der Waals surface area contributed by atoms with Crippen molar-refractivity contribution in [3.05, 3.63) is 29.8 Å². The van der Waals surface area contributed by atoms with Crippen LogP contribution in [0, 0.1) is 11.8 Å². The molecule has 1 aromatic carbocycles. The molecule has 22 heavy (non-hydrogen) atoms. The maximum Gasteiger partial charge on any atom is 0.217 e. The van der Waals surface area contributed by atoms with E-state index in [1.807, 2.05) is 12.1 Å². The summed E-state index contributed by atoms with van der Waals surface area (Å²) in [6.45, 7) is 6.14. The maximum absolute atomic E-state index is 11.5. The second-order valence-electron chi connectivity index (χ2n) is 5.59. The number of nitrogens with zero attached hydrogens (tertiary/aromatic N) is 1. The Morgan fingerprint density at radius 2 is 2.05 bits per heavy atom. The van der Waals surface area contributed by atoms with Crippen molar-refractivity contribution in [2.45, 2.75) is 32.2 Å². The van der Waals surface area contributed by atoms with Gasteiger partial charge in [-0.15, -0.1) is 5.92 Å². The van der Waals surface area contributed by atoms with Gasteiger partial charge in [0.25, 0.3) is 0 Å². The third-order valence-corrected chi connectivity index (χ3v) is 3.93. The minimum atomic E-state index is 0.0185. The zero-order valence-corrected chi connectivity index (χ0v) is 13.6. The highest BCUT2D eigenvalue weighted by molar-refractivity contribution is 5.73. The minimum Gasteiger partial charge on any atom is -0.497 e. The van der Waals surface area contributed by atoms with Crippen LogP contribution >= 0.6 is 0 Å². The fraction of sp³-hybridized carbons (Fsp3) is 0.500. The zero-order chi connectivity index (χ0) is 15.9. The molecule has 1 N–H and O–H groups in total. The molecule has 2 atom stereocenters. The fourth-order valence-corrected chi connectivity index (χ4v) is 2.90. The monoisotopic (exact) mass is 300 g/mol. The van der Waals surface area contributed by atoms with E-state index in [1.54, 1.807) is 14.0 Å². The number of nitrogens with one attached hydrogen (secondary N) is 1. The number of carbonyl (C=O) groups is 1. The van der Waals surface area contributed by atoms with E-state index in [2.05, 4.69) is 41.1 Å². The number of carbonyl (C=O) groups excluding carboxylic acids is 1. The first-order valence-electron chi connectivity index (χ1n) is 7.73. The van der Waals surface area contributed by atoms with Gasteiger partial charge in [-0.2, -0.15) is 0 Å². The molecule has 1 saturated heterocycles. The van der Waals surface area contributed by atoms with Gasteiger partial charge in [-0.3, -0.25) is 9.69 Å². The summed E-state index contributed by atoms with van der Waals surface area (Å²) in [5.74, 6) is 7.45. The van der Waals surface area contributed by atoms with Gasteiger partial charge in [-0.25, -0.2) is 0 Å². The lowest BCUT2D eigenvalue weighted by molar-refractivity contribution is -0.119. The first-order valence-corrected chi connectivity index (χ1v) is 7.73. The molecule has 4 heteroatoms. The summed E-state index contributed by atoms with van der Waals surface area (Å²) in [6.07, 6.45) is 0.880. The van der Waals surface area contributed by atoms with Crippen LogP contribution in [0.1, 0.15) is 31.7 Å². The standard InChI is InChI=1S/C18H24N2O2/c1-4-5-6-11-20-12-17(18(13-20)19-14(2)21)15-7-9-16(22-3)10-8-15/h7-10,17-18H,4,11-13H2,1-3H3,(H,19,21)/t17-,18+/m0/s1. The van der Waals surface area contributed by atoms with Crippen LogP contribution in [0.4, 0.5) is 0 Å². The van der Waals surface area contributed by atoms with Crippen molar-refractivity contribution in [3.63, 3.8) is 0 Å². The highest BCUT2D eigenvalue weighted by atomic mass is 16.5. The molecule has 1 aromatic rings. The third kappa shape index (κ3) is 4.25. The van der Waals surface area contributed by atoms with E-state index >= 15 is 0 Å². The molecule has 2 rings (SSSR count). The van der Waals surface area contributed by atoms with Crippen LogP contribution in [0.3, 0.4) is 0 Å². The largest absolute Gasteiger partial charge is 0.497 e. The van der Waals surface area contributed by atoms with Gasteiger partial charge in [-0.1, -0.05) is 25.0 Å². The predicted molar refractivity (Wildman–Crippen MR) is 87.8 cm³/mol. The Labute approximate surface area is 132 Å². The van der Waals surface area contributed by atoms with Crippen LogP contribution in [-0.2, 0) is 4.79 Å². The Morgan fingerprint density at radius 3 is 2.64 bits per heavy atom. The SMILES string of the molecule is CCC#CCN1C[C@@H](NC(C)=O)[C@H](c2ccc(OC)cc2)C1. The van der Waals surface area contributed by atoms with E-state index in [0.29, 0.717) is 5.92 Å². The first kappa shape index (κ1) is 16.4. The van der Waals surface area contributed by atoms with E-state index in [9.17, 15) is 4.79 Å². The smallest absolute Gasteiger partial charge is 0.217 e. The number of benzene rings is 1. The quantitative estimate of drug-likeness (QED) is 0.865. The lowest BCUT2D eigenvalue weighted by atomic mass is 9.94. The minimum absolute atomic E-state index is 0.0185. The summed E-state index contributed by atoms with van der Waals surface area (Å²) in [4.78, 5) is 13.8. The van der Waals surface area contributed by atoms with Crippen LogP contribution < -0.4 is 10.1 Å². The molecular weight excluding hydrogens is 276 g/mol. The van der Waals surface area contributed by atoms with Gasteiger partial charge in [0, 0.05) is 38.4 Å². The van der Waals surface area contributed by atoms with E-state index in [-0.39, 0.29) is 11.9 Å². The summed E-state index contributed by atoms with van der Waals surface area (Å²) in [5, 5.41) is 3.08. The zero-order valence-electron chi connectivity index (χ0n) is 13.6. The van der Waals surface area contributed by atoms with Gasteiger partial charge in [0.05, 0.1) is 13.7 Å². The molecule has 1 aliphatic heterocycles. The highest BCUT2D eigenvalue weighted by Crippen LogP contribution is 2.28. The van der Waals surface area contributed by atoms with Crippen molar-refractivity contribution in [3.8, 4) is 17.6 Å². The molecule has 1 aliphatic rings. The Bertz CT molecular complexity index is 557. The van der Waals surface area contributed by atoms with E-state index in [4.69, 9.17) is 4.74 Å². The summed E-state index contributed by atoms with van der Waals surface area (Å²) >= 11 is 0. The number of rotatable bonds is 4. The molecule has 1 heterocycles. The van der Waals surface area contributed by atoms with Crippen molar-refractivity contribution < 1.29 is 9.53 Å². The molecule has 1 amide bonds. The molecule has 0 bridgehead atoms. The molecular formula is C18H24N2O2. The molecule has 0 spiro atoms. The molecule has 4 nitrogen and oxygen atoms in total. The predicted octanol–water partition coefficient (Wildman–Crippen LogP) is 2.01. The van der Waals surface area contributed by atoms with Gasteiger partial charge >= 0.3 is 0 Å². The Morgan fingerprint density at radius 1 is 1.32 bits per heavy atom. The van der Waals surface area contributed by atoms with Gasteiger partial charge in [-0.05, 0) is 17.7 Å². The second kappa shape index (κ2) is 7.86. The fourth-order valence-electron chi connectivity index (χ4n) is 2.90. The molecule has 0 saturated carbocycles. The number of hydrogen-bond donors (Lipinski definition) is 1. The summed E-state index contributed by atoms with van der Waals surface area (Å²) in [5.41, 5.74) is 1.23. The Balaban J connectivity index is 2.11. The van der Waals surface area contributed by atoms with Crippen molar-refractivity contribution in [2.75, 3.05) is 26.7 Å². The van der Waals surface area contributed by atoms with Gasteiger partial charge in [0.2, 0.25) is 5.91 Å². The molecule has 0 unspecified atom stereocenters. The third-order valence-electron chi connectivity index (χ3n) is 3.93. The lowest BCUT2D eigenvalue weighted by Gasteiger charge is -2.19. The van der Waals surface area contributed by atoms with Gasteiger partial charge in [0.1, 0.15) is 5.75 Å². The van der Waals surface area contributed by atoms with Crippen molar-refractivity contribution in [2.24, 2.45) is 0 Å². The Kier molecular flexibility index (Phi) is 5.85. The topological polar surface area (TPSA) is 41.6 Å². The van der Waals surface area contributed by atoms with Crippen LogP contribution in [-0.4, -0.2) is 43.6 Å². The normalized spacial score (nSPS) is 21.0. The van der Waals surface area contributed by atoms with Gasteiger partial charge in [0.15, 0.2) is 0 Å². The van der Waals surface area contributed by atoms with Crippen molar-refractivity contribution in [1.82, 2.24) is 10.2 Å². The summed E-state index contributed by atoms with van der Waals surface area (Å²) in [7, 11) is 1.67. The molecule has 1 fully saturated rings. The molecule has 0 aliphatic carbocycles. The van der Waals surface area contributed by atoms with Crippen LogP contribution in [0.15, 0.2) is 24.3 Å². The van der Waals surface area contributed by atoms with Crippen LogP contribution in [0.25, 0.3) is 0 Å². The average molecular weight is 300 g/mol. The highest BCUT2D eigenvalue weighted by Gasteiger charge is 2.33. The maximum atomic E-state index is 11.5. The number of methoxy groups -OCH3 is 1. The van der Waals surface area contributed by atoms with E-state index < -0.39 is 0 Å². The second-order valence-corrected chi connectivity index (χ2v) is 5.59. The average Bonchev–Trinajstić information content (AvgIpc) is 2.89. The number of hydrogen-bond acceptors (Lipinski definition) is 3. The molecule has 0 aromatic heterocycles. The molecule has 118 valence electrons. The van der Waals surface area contributed by atoms with E-state index in [1.165, 1.54) is 5.56 Å². The van der Waals surface area contributed by atoms with Gasteiger partial charge < -0.3 is 10.1 Å². The summed E-state index contributed by atoms with van der Waals surface area (Å²) < 4.78 is 5.21. The summed E-state index contributed by atoms with van der Waals surface area (Å²) in [6, 6.07) is 8.24. The number of likely N-dealkylation sites (tertiary alicyclic amines) is 1. The van der Waals surface area contributed by atoms with Crippen molar-refractivity contribution in [1.29, 1.82) is 0 Å². The number of ether oxygens (including phenoxy) is 1. The van der Waals surface area contributed by atoms with Crippen LogP contribution in [0.5, 0.6) is 5.75 Å². The lowest BCUT2D eigenvalue weighted by Crippen LogP contribution is -2.38. The Hall–Kier alpha value is -1.99.